The van der Waals surface area contributed by atoms with Gasteiger partial charge in [0, 0.05) is 22.0 Å². The number of nitrogens with one attached hydrogen (secondary N) is 1. The van der Waals surface area contributed by atoms with Crippen LogP contribution < -0.4 is 5.32 Å². The minimum absolute atomic E-state index is 0.216. The zero-order valence-electron chi connectivity index (χ0n) is 17.3. The van der Waals surface area contributed by atoms with Gasteiger partial charge in [-0.3, -0.25) is 4.79 Å². The van der Waals surface area contributed by atoms with Crippen molar-refractivity contribution in [2.45, 2.75) is 45.6 Å². The summed E-state index contributed by atoms with van der Waals surface area (Å²) in [7, 11) is 0. The van der Waals surface area contributed by atoms with E-state index in [1.54, 1.807) is 11.6 Å². The van der Waals surface area contributed by atoms with E-state index in [-0.39, 0.29) is 5.91 Å². The third kappa shape index (κ3) is 5.02. The monoisotopic (exact) mass is 497 g/mol. The molecule has 0 spiro atoms. The lowest BCUT2D eigenvalue weighted by atomic mass is 10.1. The van der Waals surface area contributed by atoms with E-state index in [0.29, 0.717) is 11.4 Å². The van der Waals surface area contributed by atoms with Crippen molar-refractivity contribution in [1.29, 1.82) is 0 Å². The predicted octanol–water partition coefficient (Wildman–Crippen LogP) is 6.54. The fourth-order valence-electron chi connectivity index (χ4n) is 3.48. The smallest absolute Gasteiger partial charge is 0.259 e. The standard InChI is InChI=1S/C23H24BrN5OS/c1-2-3-4-5-9-12-29-22-18(21(28-29)27-23(30)17-14-25-31-15-17)13-19(24)20(26-22)16-10-7-6-8-11-16/h6-8,10-11,13-15H,2-5,9,12H2,1H3,(H,27,28,30). The molecule has 0 radical (unpaired) electrons. The molecule has 0 aliphatic heterocycles. The minimum atomic E-state index is -0.216. The molecule has 0 atom stereocenters. The molecule has 4 aromatic rings. The molecule has 31 heavy (non-hydrogen) atoms. The number of carbonyl (C=O) groups is 1. The molecule has 1 amide bonds. The highest BCUT2D eigenvalue weighted by Gasteiger charge is 2.18. The number of pyridine rings is 1. The van der Waals surface area contributed by atoms with Crippen molar-refractivity contribution in [2.24, 2.45) is 0 Å². The first kappa shape index (κ1) is 21.6. The topological polar surface area (TPSA) is 72.7 Å². The number of aryl methyl sites for hydroxylation is 1. The highest BCUT2D eigenvalue weighted by atomic mass is 79.9. The Morgan fingerprint density at radius 1 is 1.16 bits per heavy atom. The molecule has 0 bridgehead atoms. The van der Waals surface area contributed by atoms with Crippen LogP contribution in [0.4, 0.5) is 5.82 Å². The van der Waals surface area contributed by atoms with Gasteiger partial charge in [0.25, 0.3) is 5.91 Å². The summed E-state index contributed by atoms with van der Waals surface area (Å²) >= 11 is 4.91. The van der Waals surface area contributed by atoms with Crippen LogP contribution in [0.1, 0.15) is 49.4 Å². The van der Waals surface area contributed by atoms with Gasteiger partial charge in [-0.2, -0.15) is 5.10 Å². The number of aromatic nitrogens is 4. The SMILES string of the molecule is CCCCCCCn1nc(NC(=O)c2cnsc2)c2cc(Br)c(-c3ccccc3)nc21. The fourth-order valence-corrected chi connectivity index (χ4v) is 4.54. The van der Waals surface area contributed by atoms with Crippen LogP contribution in [0, 0.1) is 0 Å². The number of amides is 1. The van der Waals surface area contributed by atoms with Crippen molar-refractivity contribution < 1.29 is 4.79 Å². The molecule has 8 heteroatoms. The molecule has 4 rings (SSSR count). The summed E-state index contributed by atoms with van der Waals surface area (Å²) in [6, 6.07) is 12.1. The Labute approximate surface area is 194 Å². The van der Waals surface area contributed by atoms with Crippen LogP contribution in [0.2, 0.25) is 0 Å². The van der Waals surface area contributed by atoms with Gasteiger partial charge in [-0.25, -0.2) is 14.0 Å². The largest absolute Gasteiger partial charge is 0.304 e. The molecule has 0 unspecified atom stereocenters. The van der Waals surface area contributed by atoms with Crippen molar-refractivity contribution in [3.63, 3.8) is 0 Å². The number of unbranched alkanes of at least 4 members (excludes halogenated alkanes) is 4. The molecule has 0 aliphatic carbocycles. The Kier molecular flexibility index (Phi) is 7.09. The summed E-state index contributed by atoms with van der Waals surface area (Å²) < 4.78 is 6.79. The lowest BCUT2D eigenvalue weighted by Gasteiger charge is -2.07. The van der Waals surface area contributed by atoms with Crippen molar-refractivity contribution in [3.05, 3.63) is 58.0 Å². The summed E-state index contributed by atoms with van der Waals surface area (Å²) in [4.78, 5) is 17.6. The van der Waals surface area contributed by atoms with E-state index in [0.717, 1.165) is 46.1 Å². The quantitative estimate of drug-likeness (QED) is 0.266. The third-order valence-electron chi connectivity index (χ3n) is 5.12. The second kappa shape index (κ2) is 10.2. The van der Waals surface area contributed by atoms with Gasteiger partial charge >= 0.3 is 0 Å². The fraction of sp³-hybridized carbons (Fsp3) is 0.304. The van der Waals surface area contributed by atoms with Gasteiger partial charge in [0.05, 0.1) is 22.8 Å². The average Bonchev–Trinajstić information content (AvgIpc) is 3.43. The number of benzene rings is 1. The lowest BCUT2D eigenvalue weighted by molar-refractivity contribution is 0.102. The van der Waals surface area contributed by atoms with E-state index in [1.807, 2.05) is 41.1 Å². The summed E-state index contributed by atoms with van der Waals surface area (Å²) in [5, 5.41) is 10.2. The maximum Gasteiger partial charge on any atom is 0.259 e. The number of hydrogen-bond acceptors (Lipinski definition) is 5. The molecule has 0 saturated carbocycles. The Balaban J connectivity index is 1.69. The van der Waals surface area contributed by atoms with Crippen LogP contribution >= 0.6 is 27.5 Å². The Morgan fingerprint density at radius 3 is 2.71 bits per heavy atom. The third-order valence-corrected chi connectivity index (χ3v) is 6.31. The first-order valence-corrected chi connectivity index (χ1v) is 12.1. The second-order valence-corrected chi connectivity index (χ2v) is 8.92. The van der Waals surface area contributed by atoms with Gasteiger partial charge < -0.3 is 5.32 Å². The van der Waals surface area contributed by atoms with Gasteiger partial charge in [0.2, 0.25) is 0 Å². The minimum Gasteiger partial charge on any atom is -0.304 e. The predicted molar refractivity (Wildman–Crippen MR) is 129 cm³/mol. The number of halogens is 1. The zero-order valence-corrected chi connectivity index (χ0v) is 19.7. The highest BCUT2D eigenvalue weighted by Crippen LogP contribution is 2.33. The van der Waals surface area contributed by atoms with Crippen molar-refractivity contribution in [3.8, 4) is 11.3 Å². The molecule has 6 nitrogen and oxygen atoms in total. The van der Waals surface area contributed by atoms with E-state index in [4.69, 9.17) is 10.1 Å². The van der Waals surface area contributed by atoms with Gasteiger partial charge in [0.15, 0.2) is 11.5 Å². The van der Waals surface area contributed by atoms with Crippen molar-refractivity contribution in [2.75, 3.05) is 5.32 Å². The van der Waals surface area contributed by atoms with Gasteiger partial charge in [-0.1, -0.05) is 62.9 Å². The molecular weight excluding hydrogens is 474 g/mol. The van der Waals surface area contributed by atoms with E-state index in [1.165, 1.54) is 30.8 Å². The molecule has 3 aromatic heterocycles. The van der Waals surface area contributed by atoms with Gasteiger partial charge in [0.1, 0.15) is 0 Å². The number of carbonyl (C=O) groups excluding carboxylic acids is 1. The number of hydrogen-bond donors (Lipinski definition) is 1. The summed E-state index contributed by atoms with van der Waals surface area (Å²) in [6.45, 7) is 2.98. The Bertz CT molecular complexity index is 1160. The van der Waals surface area contributed by atoms with E-state index < -0.39 is 0 Å². The molecule has 0 saturated heterocycles. The second-order valence-electron chi connectivity index (χ2n) is 7.41. The van der Waals surface area contributed by atoms with Crippen LogP contribution in [-0.2, 0) is 6.54 Å². The van der Waals surface area contributed by atoms with Crippen LogP contribution in [-0.4, -0.2) is 25.0 Å². The maximum absolute atomic E-state index is 12.6. The molecule has 160 valence electrons. The summed E-state index contributed by atoms with van der Waals surface area (Å²) in [5.41, 5.74) is 3.19. The average molecular weight is 498 g/mol. The van der Waals surface area contributed by atoms with Crippen molar-refractivity contribution >= 4 is 50.2 Å². The molecular formula is C23H24BrN5OS. The molecule has 0 fully saturated rings. The van der Waals surface area contributed by atoms with Crippen molar-refractivity contribution in [1.82, 2.24) is 19.1 Å². The van der Waals surface area contributed by atoms with Crippen LogP contribution in [0.15, 0.2) is 52.4 Å². The van der Waals surface area contributed by atoms with E-state index >= 15 is 0 Å². The first-order valence-electron chi connectivity index (χ1n) is 10.5. The molecule has 1 N–H and O–H groups in total. The number of rotatable bonds is 9. The van der Waals surface area contributed by atoms with Gasteiger partial charge in [-0.15, -0.1) is 0 Å². The number of anilines is 1. The van der Waals surface area contributed by atoms with Crippen LogP contribution in [0.3, 0.4) is 0 Å². The number of fused-ring (bicyclic) bond motifs is 1. The highest BCUT2D eigenvalue weighted by molar-refractivity contribution is 9.10. The van der Waals surface area contributed by atoms with E-state index in [9.17, 15) is 4.79 Å². The van der Waals surface area contributed by atoms with Crippen LogP contribution in [0.25, 0.3) is 22.3 Å². The number of nitrogens with zero attached hydrogens (tertiary/aromatic N) is 4. The normalized spacial score (nSPS) is 11.2. The molecule has 1 aromatic carbocycles. The summed E-state index contributed by atoms with van der Waals surface area (Å²) in [5.74, 6) is 0.305. The zero-order chi connectivity index (χ0) is 21.6. The first-order chi connectivity index (χ1) is 15.2. The summed E-state index contributed by atoms with van der Waals surface area (Å²) in [6.07, 6.45) is 7.43. The van der Waals surface area contributed by atoms with Gasteiger partial charge in [-0.05, 0) is 39.9 Å². The van der Waals surface area contributed by atoms with Crippen LogP contribution in [0.5, 0.6) is 0 Å². The Morgan fingerprint density at radius 2 is 1.97 bits per heavy atom. The molecule has 3 heterocycles. The lowest BCUT2D eigenvalue weighted by Crippen LogP contribution is -2.12. The van der Waals surface area contributed by atoms with E-state index in [2.05, 4.69) is 32.5 Å². The Hall–Kier alpha value is -2.58. The maximum atomic E-state index is 12.6. The molecule has 0 aliphatic rings.